The highest BCUT2D eigenvalue weighted by atomic mass is 32.1. The number of hydrogen-bond acceptors (Lipinski definition) is 5. The van der Waals surface area contributed by atoms with Crippen molar-refractivity contribution in [2.24, 2.45) is 0 Å². The zero-order chi connectivity index (χ0) is 18.1. The molecule has 2 aromatic heterocycles. The molecule has 6 heteroatoms. The molecule has 1 N–H and O–H groups in total. The summed E-state index contributed by atoms with van der Waals surface area (Å²) in [6.45, 7) is 12.9. The molecular formula is C20H27N5S. The Balaban J connectivity index is 1.29. The Kier molecular flexibility index (Phi) is 5.07. The van der Waals surface area contributed by atoms with Gasteiger partial charge in [-0.3, -0.25) is 4.90 Å². The Labute approximate surface area is 159 Å². The lowest BCUT2D eigenvalue weighted by Crippen LogP contribution is -2.46. The maximum absolute atomic E-state index is 4.83. The van der Waals surface area contributed by atoms with E-state index in [1.165, 1.54) is 16.8 Å². The SMILES string of the molecule is Cc1nc(CN2CCN(CCc3nc4c(C)c(C)ccc4[nH]3)CC2)cs1. The molecule has 0 spiro atoms. The van der Waals surface area contributed by atoms with E-state index in [-0.39, 0.29) is 0 Å². The van der Waals surface area contributed by atoms with Gasteiger partial charge in [0.2, 0.25) is 0 Å². The number of nitrogens with one attached hydrogen (secondary N) is 1. The molecule has 138 valence electrons. The first-order valence-electron chi connectivity index (χ1n) is 9.39. The number of imidazole rings is 1. The first kappa shape index (κ1) is 17.6. The fraction of sp³-hybridized carbons (Fsp3) is 0.500. The minimum Gasteiger partial charge on any atom is -0.342 e. The van der Waals surface area contributed by atoms with Gasteiger partial charge in [0, 0.05) is 51.1 Å². The van der Waals surface area contributed by atoms with Gasteiger partial charge >= 0.3 is 0 Å². The van der Waals surface area contributed by atoms with E-state index in [1.54, 1.807) is 11.3 Å². The normalized spacial score (nSPS) is 16.6. The lowest BCUT2D eigenvalue weighted by Gasteiger charge is -2.34. The zero-order valence-electron chi connectivity index (χ0n) is 15.9. The van der Waals surface area contributed by atoms with Crippen LogP contribution in [0.25, 0.3) is 11.0 Å². The molecule has 26 heavy (non-hydrogen) atoms. The van der Waals surface area contributed by atoms with Gasteiger partial charge in [-0.15, -0.1) is 11.3 Å². The molecule has 0 bridgehead atoms. The molecule has 0 unspecified atom stereocenters. The largest absolute Gasteiger partial charge is 0.342 e. The lowest BCUT2D eigenvalue weighted by atomic mass is 10.1. The summed E-state index contributed by atoms with van der Waals surface area (Å²) in [6, 6.07) is 4.32. The third-order valence-corrected chi connectivity index (χ3v) is 6.23. The van der Waals surface area contributed by atoms with Crippen LogP contribution in [-0.2, 0) is 13.0 Å². The molecule has 1 fully saturated rings. The van der Waals surface area contributed by atoms with E-state index in [9.17, 15) is 0 Å². The van der Waals surface area contributed by atoms with Gasteiger partial charge in [0.25, 0.3) is 0 Å². The van der Waals surface area contributed by atoms with Crippen LogP contribution in [0.3, 0.4) is 0 Å². The topological polar surface area (TPSA) is 48.1 Å². The number of piperazine rings is 1. The number of rotatable bonds is 5. The molecule has 1 aliphatic rings. The van der Waals surface area contributed by atoms with Crippen LogP contribution >= 0.6 is 11.3 Å². The Hall–Kier alpha value is -1.76. The van der Waals surface area contributed by atoms with Gasteiger partial charge in [-0.2, -0.15) is 0 Å². The van der Waals surface area contributed by atoms with Gasteiger partial charge in [0.1, 0.15) is 5.82 Å². The van der Waals surface area contributed by atoms with Crippen LogP contribution in [0.4, 0.5) is 0 Å². The van der Waals surface area contributed by atoms with E-state index in [0.29, 0.717) is 0 Å². The molecule has 1 aliphatic heterocycles. The standard InChI is InChI=1S/C20H27N5S/c1-14-4-5-18-20(15(14)2)23-19(22-18)6-7-24-8-10-25(11-9-24)12-17-13-26-16(3)21-17/h4-5,13H,6-12H2,1-3H3,(H,22,23). The van der Waals surface area contributed by atoms with Crippen LogP contribution in [0.5, 0.6) is 0 Å². The van der Waals surface area contributed by atoms with E-state index in [0.717, 1.165) is 67.6 Å². The van der Waals surface area contributed by atoms with Crippen LogP contribution in [0.1, 0.15) is 27.7 Å². The van der Waals surface area contributed by atoms with Crippen molar-refractivity contribution in [1.82, 2.24) is 24.8 Å². The first-order valence-corrected chi connectivity index (χ1v) is 10.3. The van der Waals surface area contributed by atoms with Crippen molar-refractivity contribution in [1.29, 1.82) is 0 Å². The molecule has 0 radical (unpaired) electrons. The number of benzene rings is 1. The third kappa shape index (κ3) is 3.82. The minimum atomic E-state index is 0.985. The quantitative estimate of drug-likeness (QED) is 0.750. The van der Waals surface area contributed by atoms with Crippen LogP contribution in [0, 0.1) is 20.8 Å². The maximum Gasteiger partial charge on any atom is 0.108 e. The van der Waals surface area contributed by atoms with Crippen LogP contribution in [0.15, 0.2) is 17.5 Å². The van der Waals surface area contributed by atoms with Crippen molar-refractivity contribution in [2.45, 2.75) is 33.7 Å². The summed E-state index contributed by atoms with van der Waals surface area (Å²) < 4.78 is 0. The van der Waals surface area contributed by atoms with E-state index in [1.807, 2.05) is 0 Å². The highest BCUT2D eigenvalue weighted by molar-refractivity contribution is 7.09. The Bertz CT molecular complexity index is 889. The van der Waals surface area contributed by atoms with Crippen molar-refractivity contribution >= 4 is 22.4 Å². The summed E-state index contributed by atoms with van der Waals surface area (Å²) >= 11 is 1.74. The first-order chi connectivity index (χ1) is 12.6. The molecule has 1 saturated heterocycles. The molecule has 1 aromatic carbocycles. The Morgan fingerprint density at radius 3 is 2.54 bits per heavy atom. The van der Waals surface area contributed by atoms with Crippen molar-refractivity contribution in [3.8, 4) is 0 Å². The summed E-state index contributed by atoms with van der Waals surface area (Å²) in [4.78, 5) is 18.0. The van der Waals surface area contributed by atoms with Crippen molar-refractivity contribution in [2.75, 3.05) is 32.7 Å². The molecule has 0 aliphatic carbocycles. The second-order valence-corrected chi connectivity index (χ2v) is 8.38. The predicted molar refractivity (Wildman–Crippen MR) is 108 cm³/mol. The fourth-order valence-electron chi connectivity index (χ4n) is 3.63. The summed E-state index contributed by atoms with van der Waals surface area (Å²) in [5.74, 6) is 1.11. The maximum atomic E-state index is 4.83. The summed E-state index contributed by atoms with van der Waals surface area (Å²) in [7, 11) is 0. The predicted octanol–water partition coefficient (Wildman–Crippen LogP) is 3.30. The van der Waals surface area contributed by atoms with Gasteiger partial charge in [0.15, 0.2) is 0 Å². The summed E-state index contributed by atoms with van der Waals surface area (Å²) in [5.41, 5.74) is 6.10. The molecule has 5 nitrogen and oxygen atoms in total. The molecule has 3 aromatic rings. The van der Waals surface area contributed by atoms with Gasteiger partial charge in [-0.05, 0) is 38.0 Å². The van der Waals surface area contributed by atoms with Crippen molar-refractivity contribution < 1.29 is 0 Å². The van der Waals surface area contributed by atoms with Crippen molar-refractivity contribution in [3.05, 3.63) is 45.2 Å². The molecule has 0 atom stereocenters. The lowest BCUT2D eigenvalue weighted by molar-refractivity contribution is 0.127. The number of aryl methyl sites for hydroxylation is 3. The van der Waals surface area contributed by atoms with Gasteiger partial charge in [0.05, 0.1) is 21.7 Å². The Morgan fingerprint density at radius 2 is 1.81 bits per heavy atom. The van der Waals surface area contributed by atoms with Crippen molar-refractivity contribution in [3.63, 3.8) is 0 Å². The number of aromatic amines is 1. The van der Waals surface area contributed by atoms with Gasteiger partial charge in [-0.25, -0.2) is 9.97 Å². The second kappa shape index (κ2) is 7.47. The highest BCUT2D eigenvalue weighted by Crippen LogP contribution is 2.19. The van der Waals surface area contributed by atoms with Crippen LogP contribution < -0.4 is 0 Å². The molecule has 4 rings (SSSR count). The number of H-pyrrole nitrogens is 1. The highest BCUT2D eigenvalue weighted by Gasteiger charge is 2.18. The van der Waals surface area contributed by atoms with Gasteiger partial charge in [-0.1, -0.05) is 6.07 Å². The monoisotopic (exact) mass is 369 g/mol. The summed E-state index contributed by atoms with van der Waals surface area (Å²) in [6.07, 6.45) is 0.985. The molecule has 0 saturated carbocycles. The van der Waals surface area contributed by atoms with E-state index >= 15 is 0 Å². The number of thiazole rings is 1. The van der Waals surface area contributed by atoms with E-state index in [4.69, 9.17) is 4.98 Å². The Morgan fingerprint density at radius 1 is 1.04 bits per heavy atom. The number of nitrogens with zero attached hydrogens (tertiary/aromatic N) is 4. The number of aromatic nitrogens is 3. The number of hydrogen-bond donors (Lipinski definition) is 1. The fourth-order valence-corrected chi connectivity index (χ4v) is 4.23. The average molecular weight is 370 g/mol. The second-order valence-electron chi connectivity index (χ2n) is 7.31. The molecular weight excluding hydrogens is 342 g/mol. The van der Waals surface area contributed by atoms with Crippen LogP contribution in [-0.4, -0.2) is 57.5 Å². The average Bonchev–Trinajstić information content (AvgIpc) is 3.24. The third-order valence-electron chi connectivity index (χ3n) is 5.41. The summed E-state index contributed by atoms with van der Waals surface area (Å²) in [5, 5.41) is 3.35. The number of fused-ring (bicyclic) bond motifs is 1. The molecule has 0 amide bonds. The zero-order valence-corrected chi connectivity index (χ0v) is 16.7. The van der Waals surface area contributed by atoms with E-state index < -0.39 is 0 Å². The smallest absolute Gasteiger partial charge is 0.108 e. The molecule has 3 heterocycles. The van der Waals surface area contributed by atoms with Crippen LogP contribution in [0.2, 0.25) is 0 Å². The van der Waals surface area contributed by atoms with Gasteiger partial charge < -0.3 is 9.88 Å². The minimum absolute atomic E-state index is 0.985. The van der Waals surface area contributed by atoms with E-state index in [2.05, 4.69) is 58.1 Å².